The van der Waals surface area contributed by atoms with Gasteiger partial charge in [0.05, 0.1) is 11.8 Å². The van der Waals surface area contributed by atoms with Crippen LogP contribution in [0.3, 0.4) is 0 Å². The Labute approximate surface area is 134 Å². The highest BCUT2D eigenvalue weighted by molar-refractivity contribution is 5.78. The van der Waals surface area contributed by atoms with Crippen molar-refractivity contribution in [1.82, 2.24) is 0 Å². The highest BCUT2D eigenvalue weighted by Gasteiger charge is 2.22. The van der Waals surface area contributed by atoms with Crippen molar-refractivity contribution < 1.29 is 24.5 Å². The number of hydrogen-bond donors (Lipinski definition) is 2. The number of ether oxygens (including phenoxy) is 1. The molecule has 2 aromatic rings. The van der Waals surface area contributed by atoms with E-state index in [9.17, 15) is 14.7 Å². The van der Waals surface area contributed by atoms with Gasteiger partial charge in [0.15, 0.2) is 0 Å². The van der Waals surface area contributed by atoms with E-state index in [1.807, 2.05) is 18.2 Å². The average Bonchev–Trinajstić information content (AvgIpc) is 2.54. The van der Waals surface area contributed by atoms with Crippen LogP contribution in [0.15, 0.2) is 48.5 Å². The fourth-order valence-corrected chi connectivity index (χ4v) is 2.16. The number of benzene rings is 2. The second-order valence-corrected chi connectivity index (χ2v) is 5.33. The molecule has 2 N–H and O–H groups in total. The molecule has 120 valence electrons. The fourth-order valence-electron chi connectivity index (χ4n) is 2.16. The van der Waals surface area contributed by atoms with Gasteiger partial charge in [0.1, 0.15) is 11.5 Å². The van der Waals surface area contributed by atoms with Gasteiger partial charge >= 0.3 is 11.9 Å². The maximum absolute atomic E-state index is 11.3. The van der Waals surface area contributed by atoms with Gasteiger partial charge in [-0.05, 0) is 37.6 Å². The minimum absolute atomic E-state index is 0.410. The number of para-hydroxylation sites is 1. The zero-order valence-electron chi connectivity index (χ0n) is 12.9. The van der Waals surface area contributed by atoms with Crippen molar-refractivity contribution in [1.29, 1.82) is 0 Å². The number of carbonyl (C=O) groups is 2. The van der Waals surface area contributed by atoms with Crippen LogP contribution in [0.4, 0.5) is 0 Å². The third-order valence-corrected chi connectivity index (χ3v) is 3.71. The molecular weight excluding hydrogens is 296 g/mol. The maximum atomic E-state index is 11.3. The third-order valence-electron chi connectivity index (χ3n) is 3.71. The smallest absolute Gasteiger partial charge is 0.310 e. The van der Waals surface area contributed by atoms with Crippen molar-refractivity contribution in [3.05, 3.63) is 59.7 Å². The molecule has 0 bridgehead atoms. The Morgan fingerprint density at radius 1 is 0.913 bits per heavy atom. The summed E-state index contributed by atoms with van der Waals surface area (Å²) < 4.78 is 5.77. The lowest BCUT2D eigenvalue weighted by atomic mass is 9.93. The van der Waals surface area contributed by atoms with Crippen LogP contribution >= 0.6 is 0 Å². The summed E-state index contributed by atoms with van der Waals surface area (Å²) in [5.41, 5.74) is 0.993. The normalized spacial score (nSPS) is 13.1. The van der Waals surface area contributed by atoms with Crippen molar-refractivity contribution in [2.75, 3.05) is 0 Å². The summed E-state index contributed by atoms with van der Waals surface area (Å²) in [6, 6.07) is 13.9. The molecule has 0 aliphatic heterocycles. The first-order valence-corrected chi connectivity index (χ1v) is 7.22. The molecule has 5 heteroatoms. The lowest BCUT2D eigenvalue weighted by Gasteiger charge is -2.17. The third kappa shape index (κ3) is 3.88. The SMILES string of the molecule is CC(C(=O)O)c1ccc(Oc2ccccc2)c(C(C)C(=O)O)c1. The van der Waals surface area contributed by atoms with E-state index in [2.05, 4.69) is 0 Å². The molecule has 2 aromatic carbocycles. The van der Waals surface area contributed by atoms with Crippen LogP contribution in [0.2, 0.25) is 0 Å². The van der Waals surface area contributed by atoms with E-state index in [1.165, 1.54) is 0 Å². The van der Waals surface area contributed by atoms with Gasteiger partial charge in [0.2, 0.25) is 0 Å². The molecule has 0 radical (unpaired) electrons. The van der Waals surface area contributed by atoms with Gasteiger partial charge in [-0.3, -0.25) is 9.59 Å². The van der Waals surface area contributed by atoms with Gasteiger partial charge in [-0.1, -0.05) is 30.3 Å². The minimum Gasteiger partial charge on any atom is -0.481 e. The van der Waals surface area contributed by atoms with E-state index in [-0.39, 0.29) is 0 Å². The van der Waals surface area contributed by atoms with Crippen LogP contribution in [0, 0.1) is 0 Å². The quantitative estimate of drug-likeness (QED) is 0.846. The molecule has 2 unspecified atom stereocenters. The van der Waals surface area contributed by atoms with Crippen LogP contribution in [-0.4, -0.2) is 22.2 Å². The summed E-state index contributed by atoms with van der Waals surface area (Å²) in [6.45, 7) is 3.11. The molecule has 0 amide bonds. The highest BCUT2D eigenvalue weighted by atomic mass is 16.5. The van der Waals surface area contributed by atoms with Crippen LogP contribution in [0.25, 0.3) is 0 Å². The molecule has 0 spiro atoms. The molecular formula is C18H18O5. The Hall–Kier alpha value is -2.82. The number of carboxylic acid groups (broad SMARTS) is 2. The van der Waals surface area contributed by atoms with Crippen LogP contribution < -0.4 is 4.74 Å². The molecule has 0 heterocycles. The van der Waals surface area contributed by atoms with Crippen molar-refractivity contribution in [3.8, 4) is 11.5 Å². The summed E-state index contributed by atoms with van der Waals surface area (Å²) in [6.07, 6.45) is 0. The molecule has 23 heavy (non-hydrogen) atoms. The first kappa shape index (κ1) is 16.5. The predicted octanol–water partition coefficient (Wildman–Crippen LogP) is 3.86. The van der Waals surface area contributed by atoms with Gasteiger partial charge < -0.3 is 14.9 Å². The van der Waals surface area contributed by atoms with Gasteiger partial charge in [-0.25, -0.2) is 0 Å². The van der Waals surface area contributed by atoms with Crippen molar-refractivity contribution in [2.45, 2.75) is 25.7 Å². The zero-order valence-corrected chi connectivity index (χ0v) is 12.9. The van der Waals surface area contributed by atoms with E-state index >= 15 is 0 Å². The molecule has 2 atom stereocenters. The maximum Gasteiger partial charge on any atom is 0.310 e. The second kappa shape index (κ2) is 6.96. The predicted molar refractivity (Wildman–Crippen MR) is 85.1 cm³/mol. The van der Waals surface area contributed by atoms with E-state index in [4.69, 9.17) is 9.84 Å². The number of aliphatic carboxylic acids is 2. The van der Waals surface area contributed by atoms with Gasteiger partial charge in [-0.15, -0.1) is 0 Å². The van der Waals surface area contributed by atoms with Crippen molar-refractivity contribution >= 4 is 11.9 Å². The first-order valence-electron chi connectivity index (χ1n) is 7.22. The zero-order chi connectivity index (χ0) is 17.0. The average molecular weight is 314 g/mol. The molecule has 5 nitrogen and oxygen atoms in total. The molecule has 0 saturated carbocycles. The first-order chi connectivity index (χ1) is 10.9. The lowest BCUT2D eigenvalue weighted by Crippen LogP contribution is -2.12. The van der Waals surface area contributed by atoms with E-state index in [1.54, 1.807) is 44.2 Å². The lowest BCUT2D eigenvalue weighted by molar-refractivity contribution is -0.139. The second-order valence-electron chi connectivity index (χ2n) is 5.33. The molecule has 2 rings (SSSR count). The molecule has 0 aliphatic carbocycles. The molecule has 0 aliphatic rings. The summed E-state index contributed by atoms with van der Waals surface area (Å²) >= 11 is 0. The Morgan fingerprint density at radius 2 is 1.52 bits per heavy atom. The summed E-state index contributed by atoms with van der Waals surface area (Å²) in [5, 5.41) is 18.4. The number of rotatable bonds is 6. The topological polar surface area (TPSA) is 83.8 Å². The summed E-state index contributed by atoms with van der Waals surface area (Å²) in [4.78, 5) is 22.5. The van der Waals surface area contributed by atoms with Gasteiger partial charge in [0, 0.05) is 5.56 Å². The molecule has 0 aromatic heterocycles. The molecule has 0 saturated heterocycles. The fraction of sp³-hybridized carbons (Fsp3) is 0.222. The van der Waals surface area contributed by atoms with E-state index in [0.29, 0.717) is 22.6 Å². The van der Waals surface area contributed by atoms with Crippen LogP contribution in [0.1, 0.15) is 36.8 Å². The Bertz CT molecular complexity index is 709. The monoisotopic (exact) mass is 314 g/mol. The standard InChI is InChI=1S/C18H18O5/c1-11(17(19)20)13-8-9-16(15(10-13)12(2)18(21)22)23-14-6-4-3-5-7-14/h3-12H,1-2H3,(H,19,20)(H,21,22). The van der Waals surface area contributed by atoms with Gasteiger partial charge in [-0.2, -0.15) is 0 Å². The van der Waals surface area contributed by atoms with Gasteiger partial charge in [0.25, 0.3) is 0 Å². The number of hydrogen-bond acceptors (Lipinski definition) is 3. The Kier molecular flexibility index (Phi) is 5.01. The van der Waals surface area contributed by atoms with Crippen LogP contribution in [-0.2, 0) is 9.59 Å². The Morgan fingerprint density at radius 3 is 2.09 bits per heavy atom. The minimum atomic E-state index is -0.997. The summed E-state index contributed by atoms with van der Waals surface area (Å²) in [5.74, 6) is -2.49. The molecule has 0 fully saturated rings. The largest absolute Gasteiger partial charge is 0.481 e. The highest BCUT2D eigenvalue weighted by Crippen LogP contribution is 2.33. The summed E-state index contributed by atoms with van der Waals surface area (Å²) in [7, 11) is 0. The van der Waals surface area contributed by atoms with Crippen molar-refractivity contribution in [3.63, 3.8) is 0 Å². The van der Waals surface area contributed by atoms with E-state index < -0.39 is 23.8 Å². The number of carboxylic acids is 2. The van der Waals surface area contributed by atoms with Crippen molar-refractivity contribution in [2.24, 2.45) is 0 Å². The van der Waals surface area contributed by atoms with E-state index in [0.717, 1.165) is 0 Å². The Balaban J connectivity index is 2.44. The van der Waals surface area contributed by atoms with Crippen LogP contribution in [0.5, 0.6) is 11.5 Å².